The molecule has 0 saturated carbocycles. The minimum absolute atomic E-state index is 0.108. The normalized spacial score (nSPS) is 17.0. The lowest BCUT2D eigenvalue weighted by molar-refractivity contribution is -0.137. The summed E-state index contributed by atoms with van der Waals surface area (Å²) in [5.41, 5.74) is 2.33. The van der Waals surface area contributed by atoms with E-state index in [-0.39, 0.29) is 11.8 Å². The van der Waals surface area contributed by atoms with E-state index in [0.717, 1.165) is 38.4 Å². The Bertz CT molecular complexity index is 731. The monoisotopic (exact) mass is 364 g/mol. The Labute approximate surface area is 153 Å². The van der Waals surface area contributed by atoms with Crippen LogP contribution < -0.4 is 0 Å². The van der Waals surface area contributed by atoms with Crippen LogP contribution in [0.25, 0.3) is 0 Å². The van der Waals surface area contributed by atoms with Gasteiger partial charge in [0.1, 0.15) is 0 Å². The Hall–Kier alpha value is -1.86. The van der Waals surface area contributed by atoms with Gasteiger partial charge in [-0.1, -0.05) is 18.5 Å². The maximum absolute atomic E-state index is 12.7. The lowest BCUT2D eigenvalue weighted by atomic mass is 10.1. The third kappa shape index (κ3) is 4.41. The Kier molecular flexibility index (Phi) is 5.44. The first-order valence-corrected chi connectivity index (χ1v) is 8.98. The second kappa shape index (κ2) is 7.58. The van der Waals surface area contributed by atoms with Crippen molar-refractivity contribution in [1.29, 1.82) is 0 Å². The molecule has 1 fully saturated rings. The summed E-state index contributed by atoms with van der Waals surface area (Å²) in [4.78, 5) is 17.0. The summed E-state index contributed by atoms with van der Waals surface area (Å²) in [5, 5.41) is 9.14. The van der Waals surface area contributed by atoms with Crippen LogP contribution in [0.15, 0.2) is 18.6 Å². The average Bonchev–Trinajstić information content (AvgIpc) is 3.12. The number of aromatic nitrogens is 4. The quantitative estimate of drug-likeness (QED) is 0.807. The highest BCUT2D eigenvalue weighted by Gasteiger charge is 2.25. The maximum atomic E-state index is 12.7. The lowest BCUT2D eigenvalue weighted by Crippen LogP contribution is -2.50. The number of nitrogens with zero attached hydrogens (tertiary/aromatic N) is 6. The van der Waals surface area contributed by atoms with Gasteiger partial charge in [-0.25, -0.2) is 0 Å². The summed E-state index contributed by atoms with van der Waals surface area (Å²) in [6.45, 7) is 8.75. The number of halogens is 1. The molecule has 1 saturated heterocycles. The number of aryl methyl sites for hydroxylation is 2. The number of hydrogen-bond donors (Lipinski definition) is 0. The molecule has 1 aliphatic heterocycles. The second-order valence-corrected chi connectivity index (χ2v) is 7.23. The third-order valence-electron chi connectivity index (χ3n) is 4.68. The molecule has 1 amide bonds. The van der Waals surface area contributed by atoms with Crippen LogP contribution >= 0.6 is 11.6 Å². The molecule has 7 nitrogen and oxygen atoms in total. The van der Waals surface area contributed by atoms with Crippen molar-refractivity contribution in [2.24, 2.45) is 13.0 Å². The van der Waals surface area contributed by atoms with Gasteiger partial charge >= 0.3 is 0 Å². The van der Waals surface area contributed by atoms with E-state index in [1.54, 1.807) is 17.1 Å². The second-order valence-electron chi connectivity index (χ2n) is 6.80. The number of carbonyl (C=O) groups is 1. The molecule has 0 spiro atoms. The molecule has 2 aromatic rings. The minimum Gasteiger partial charge on any atom is -0.340 e. The highest BCUT2D eigenvalue weighted by Crippen LogP contribution is 2.14. The number of piperazine rings is 1. The van der Waals surface area contributed by atoms with Gasteiger partial charge < -0.3 is 4.90 Å². The van der Waals surface area contributed by atoms with Crippen LogP contribution in [0, 0.1) is 12.8 Å². The van der Waals surface area contributed by atoms with E-state index in [0.29, 0.717) is 11.6 Å². The van der Waals surface area contributed by atoms with Gasteiger partial charge in [-0.15, -0.1) is 0 Å². The SMILES string of the molecule is Cc1nn(C)cc1CN1CCN(C(=O)C(C)Cn2cc(Cl)cn2)CC1. The van der Waals surface area contributed by atoms with Crippen molar-refractivity contribution in [1.82, 2.24) is 29.4 Å². The minimum atomic E-state index is -0.108. The van der Waals surface area contributed by atoms with E-state index in [1.165, 1.54) is 5.56 Å². The molecule has 8 heteroatoms. The summed E-state index contributed by atoms with van der Waals surface area (Å²) >= 11 is 5.88. The van der Waals surface area contributed by atoms with E-state index in [4.69, 9.17) is 11.6 Å². The van der Waals surface area contributed by atoms with Gasteiger partial charge in [-0.2, -0.15) is 10.2 Å². The molecule has 1 aliphatic rings. The summed E-state index contributed by atoms with van der Waals surface area (Å²) in [6, 6.07) is 0. The van der Waals surface area contributed by atoms with Gasteiger partial charge in [0.05, 0.1) is 29.4 Å². The van der Waals surface area contributed by atoms with Crippen molar-refractivity contribution in [2.45, 2.75) is 26.9 Å². The van der Waals surface area contributed by atoms with Gasteiger partial charge in [0.15, 0.2) is 0 Å². The summed E-state index contributed by atoms with van der Waals surface area (Å²) < 4.78 is 3.58. The molecule has 2 aromatic heterocycles. The maximum Gasteiger partial charge on any atom is 0.227 e. The van der Waals surface area contributed by atoms with Crippen molar-refractivity contribution >= 4 is 17.5 Å². The number of carbonyl (C=O) groups excluding carboxylic acids is 1. The van der Waals surface area contributed by atoms with E-state index in [1.807, 2.05) is 30.5 Å². The van der Waals surface area contributed by atoms with E-state index >= 15 is 0 Å². The van der Waals surface area contributed by atoms with Gasteiger partial charge in [-0.3, -0.25) is 19.1 Å². The van der Waals surface area contributed by atoms with Crippen molar-refractivity contribution in [3.05, 3.63) is 34.9 Å². The predicted octanol–water partition coefficient (Wildman–Crippen LogP) is 1.56. The molecule has 1 unspecified atom stereocenters. The highest BCUT2D eigenvalue weighted by molar-refractivity contribution is 6.30. The molecule has 0 N–H and O–H groups in total. The fourth-order valence-corrected chi connectivity index (χ4v) is 3.44. The van der Waals surface area contributed by atoms with Crippen LogP contribution in [0.3, 0.4) is 0 Å². The van der Waals surface area contributed by atoms with Gasteiger partial charge in [-0.05, 0) is 6.92 Å². The number of rotatable bonds is 5. The smallest absolute Gasteiger partial charge is 0.227 e. The molecule has 3 heterocycles. The molecule has 1 atom stereocenters. The summed E-state index contributed by atoms with van der Waals surface area (Å²) in [6.07, 6.45) is 5.42. The first-order chi connectivity index (χ1) is 11.9. The summed E-state index contributed by atoms with van der Waals surface area (Å²) in [5.74, 6) is 0.0758. The molecule has 0 radical (unpaired) electrons. The van der Waals surface area contributed by atoms with Crippen LogP contribution in [-0.4, -0.2) is 61.4 Å². The first-order valence-electron chi connectivity index (χ1n) is 8.60. The topological polar surface area (TPSA) is 59.2 Å². The van der Waals surface area contributed by atoms with E-state index in [2.05, 4.69) is 21.3 Å². The van der Waals surface area contributed by atoms with Crippen LogP contribution in [0.5, 0.6) is 0 Å². The molecule has 136 valence electrons. The summed E-state index contributed by atoms with van der Waals surface area (Å²) in [7, 11) is 1.95. The Morgan fingerprint density at radius 1 is 1.28 bits per heavy atom. The van der Waals surface area contributed by atoms with Crippen molar-refractivity contribution in [3.63, 3.8) is 0 Å². The zero-order chi connectivity index (χ0) is 18.0. The van der Waals surface area contributed by atoms with Crippen LogP contribution in [-0.2, 0) is 24.9 Å². The number of amides is 1. The highest BCUT2D eigenvalue weighted by atomic mass is 35.5. The van der Waals surface area contributed by atoms with Crippen molar-refractivity contribution < 1.29 is 4.79 Å². The zero-order valence-corrected chi connectivity index (χ0v) is 15.8. The molecular weight excluding hydrogens is 340 g/mol. The molecular formula is C17H25ClN6O. The third-order valence-corrected chi connectivity index (χ3v) is 4.87. The standard InChI is InChI=1S/C17H25ClN6O/c1-13(9-24-12-16(18)8-19-24)17(25)23-6-4-22(5-7-23)11-15-10-21(3)20-14(15)2/h8,10,12-13H,4-7,9,11H2,1-3H3. The van der Waals surface area contributed by atoms with Crippen LogP contribution in [0.2, 0.25) is 5.02 Å². The Balaban J connectivity index is 1.49. The Morgan fingerprint density at radius 3 is 2.56 bits per heavy atom. The molecule has 3 rings (SSSR count). The molecule has 0 aromatic carbocycles. The van der Waals surface area contributed by atoms with E-state index in [9.17, 15) is 4.79 Å². The fourth-order valence-electron chi connectivity index (χ4n) is 3.28. The van der Waals surface area contributed by atoms with E-state index < -0.39 is 0 Å². The Morgan fingerprint density at radius 2 is 2.00 bits per heavy atom. The van der Waals surface area contributed by atoms with Gasteiger partial charge in [0, 0.05) is 57.7 Å². The molecule has 25 heavy (non-hydrogen) atoms. The fraction of sp³-hybridized carbons (Fsp3) is 0.588. The van der Waals surface area contributed by atoms with Crippen LogP contribution in [0.1, 0.15) is 18.2 Å². The first kappa shape index (κ1) is 17.9. The van der Waals surface area contributed by atoms with Gasteiger partial charge in [0.25, 0.3) is 0 Å². The largest absolute Gasteiger partial charge is 0.340 e. The lowest BCUT2D eigenvalue weighted by Gasteiger charge is -2.35. The van der Waals surface area contributed by atoms with Crippen LogP contribution in [0.4, 0.5) is 0 Å². The van der Waals surface area contributed by atoms with Gasteiger partial charge in [0.2, 0.25) is 5.91 Å². The number of hydrogen-bond acceptors (Lipinski definition) is 4. The average molecular weight is 365 g/mol. The predicted molar refractivity (Wildman–Crippen MR) is 96.2 cm³/mol. The van der Waals surface area contributed by atoms with Crippen molar-refractivity contribution in [2.75, 3.05) is 26.2 Å². The molecule has 0 aliphatic carbocycles. The zero-order valence-electron chi connectivity index (χ0n) is 15.0. The molecule has 0 bridgehead atoms. The van der Waals surface area contributed by atoms with Crippen molar-refractivity contribution in [3.8, 4) is 0 Å².